The number of carbonyl (C=O) groups excluding carboxylic acids is 2. The maximum atomic E-state index is 12.4. The molecule has 0 unspecified atom stereocenters. The molecular formula is C16H13N5O6. The molecule has 27 heavy (non-hydrogen) atoms. The lowest BCUT2D eigenvalue weighted by molar-refractivity contribution is -0.402. The van der Waals surface area contributed by atoms with E-state index in [4.69, 9.17) is 8.83 Å². The molecule has 3 aromatic heterocycles. The lowest BCUT2D eigenvalue weighted by Crippen LogP contribution is -2.25. The first-order valence-corrected chi connectivity index (χ1v) is 7.89. The number of aromatic nitrogens is 2. The Morgan fingerprint density at radius 3 is 2.93 bits per heavy atom. The summed E-state index contributed by atoms with van der Waals surface area (Å²) < 4.78 is 11.8. The molecule has 2 amide bonds. The van der Waals surface area contributed by atoms with Crippen molar-refractivity contribution < 1.29 is 23.3 Å². The van der Waals surface area contributed by atoms with E-state index in [2.05, 4.69) is 15.7 Å². The largest absolute Gasteiger partial charge is 0.469 e. The fourth-order valence-electron chi connectivity index (χ4n) is 3.03. The summed E-state index contributed by atoms with van der Waals surface area (Å²) in [5, 5.41) is 20.3. The third kappa shape index (κ3) is 2.84. The number of furan rings is 2. The Morgan fingerprint density at radius 1 is 1.44 bits per heavy atom. The summed E-state index contributed by atoms with van der Waals surface area (Å²) in [6, 6.07) is 5.74. The van der Waals surface area contributed by atoms with Crippen LogP contribution in [0.5, 0.6) is 0 Å². The third-order valence-electron chi connectivity index (χ3n) is 4.19. The molecule has 0 aromatic carbocycles. The smallest absolute Gasteiger partial charge is 0.433 e. The molecule has 11 heteroatoms. The fourth-order valence-corrected chi connectivity index (χ4v) is 3.03. The van der Waals surface area contributed by atoms with E-state index in [9.17, 15) is 19.7 Å². The first-order valence-electron chi connectivity index (χ1n) is 7.89. The highest BCUT2D eigenvalue weighted by Crippen LogP contribution is 2.41. The van der Waals surface area contributed by atoms with Crippen LogP contribution in [0, 0.1) is 10.1 Å². The highest BCUT2D eigenvalue weighted by Gasteiger charge is 2.35. The van der Waals surface area contributed by atoms with Crippen LogP contribution in [0.4, 0.5) is 17.5 Å². The monoisotopic (exact) mass is 371 g/mol. The molecule has 11 nitrogen and oxygen atoms in total. The molecule has 1 aliphatic rings. The summed E-state index contributed by atoms with van der Waals surface area (Å²) in [5.74, 6) is -0.891. The number of nitrogens with zero attached hydrogens (tertiary/aromatic N) is 3. The van der Waals surface area contributed by atoms with Crippen LogP contribution in [0.1, 0.15) is 34.2 Å². The molecule has 0 fully saturated rings. The lowest BCUT2D eigenvalue weighted by Gasteiger charge is -2.22. The third-order valence-corrected chi connectivity index (χ3v) is 4.19. The Bertz CT molecular complexity index is 1050. The minimum absolute atomic E-state index is 0.126. The van der Waals surface area contributed by atoms with Crippen molar-refractivity contribution in [1.82, 2.24) is 9.78 Å². The van der Waals surface area contributed by atoms with E-state index >= 15 is 0 Å². The van der Waals surface area contributed by atoms with Gasteiger partial charge in [0.25, 0.3) is 5.91 Å². The van der Waals surface area contributed by atoms with Gasteiger partial charge in [0, 0.05) is 13.5 Å². The highest BCUT2D eigenvalue weighted by molar-refractivity contribution is 6.04. The first kappa shape index (κ1) is 16.6. The Hall–Kier alpha value is -3.89. The number of anilines is 2. The van der Waals surface area contributed by atoms with E-state index in [1.165, 1.54) is 17.0 Å². The number of hydrogen-bond acceptors (Lipinski definition) is 7. The number of rotatable bonds is 4. The summed E-state index contributed by atoms with van der Waals surface area (Å²) in [4.78, 5) is 34.4. The maximum absolute atomic E-state index is 12.4. The second-order valence-electron chi connectivity index (χ2n) is 5.90. The van der Waals surface area contributed by atoms with Crippen molar-refractivity contribution in [2.75, 3.05) is 10.6 Å². The van der Waals surface area contributed by atoms with Gasteiger partial charge in [-0.05, 0) is 18.2 Å². The Morgan fingerprint density at radius 2 is 2.26 bits per heavy atom. The van der Waals surface area contributed by atoms with Gasteiger partial charge in [-0.1, -0.05) is 0 Å². The minimum atomic E-state index is -0.734. The summed E-state index contributed by atoms with van der Waals surface area (Å²) >= 11 is 0. The van der Waals surface area contributed by atoms with Gasteiger partial charge in [-0.3, -0.25) is 24.4 Å². The molecule has 0 aliphatic carbocycles. The molecule has 0 radical (unpaired) electrons. The number of fused-ring (bicyclic) bond motifs is 1. The number of hydrogen-bond donors (Lipinski definition) is 2. The zero-order chi connectivity index (χ0) is 19.1. The van der Waals surface area contributed by atoms with Crippen LogP contribution in [0.15, 0.2) is 39.4 Å². The highest BCUT2D eigenvalue weighted by atomic mass is 16.6. The van der Waals surface area contributed by atoms with E-state index in [0.29, 0.717) is 17.1 Å². The van der Waals surface area contributed by atoms with Gasteiger partial charge in [0.05, 0.1) is 23.8 Å². The number of nitro groups is 1. The fraction of sp³-hybridized carbons (Fsp3) is 0.188. The van der Waals surface area contributed by atoms with Gasteiger partial charge in [-0.25, -0.2) is 0 Å². The van der Waals surface area contributed by atoms with Crippen LogP contribution in [0.25, 0.3) is 0 Å². The van der Waals surface area contributed by atoms with Crippen LogP contribution >= 0.6 is 0 Å². The van der Waals surface area contributed by atoms with Crippen LogP contribution < -0.4 is 10.6 Å². The molecule has 0 spiro atoms. The maximum Gasteiger partial charge on any atom is 0.433 e. The molecule has 1 atom stereocenters. The van der Waals surface area contributed by atoms with E-state index in [1.54, 1.807) is 19.2 Å². The van der Waals surface area contributed by atoms with E-state index in [0.717, 1.165) is 6.07 Å². The standard InChI is InChI=1S/C16H13N5O6/c1-20-15-13(8(7-11(22)17-15)9-3-2-6-26-9)14(19-20)18-16(23)10-4-5-12(27-10)21(24)25/h2-6,8H,7H2,1H3,(H,17,22)(H,18,19,23)/t8-/m1/s1. The molecular weight excluding hydrogens is 358 g/mol. The molecule has 2 N–H and O–H groups in total. The van der Waals surface area contributed by atoms with Crippen LogP contribution in [-0.2, 0) is 11.8 Å². The number of nitrogens with one attached hydrogen (secondary N) is 2. The molecule has 4 rings (SSSR count). The van der Waals surface area contributed by atoms with E-state index in [1.807, 2.05) is 0 Å². The van der Waals surface area contributed by atoms with Gasteiger partial charge in [0.1, 0.15) is 16.5 Å². The van der Waals surface area contributed by atoms with Gasteiger partial charge >= 0.3 is 5.88 Å². The number of carbonyl (C=O) groups is 2. The Kier molecular flexibility index (Phi) is 3.76. The van der Waals surface area contributed by atoms with Crippen molar-refractivity contribution in [2.45, 2.75) is 12.3 Å². The molecule has 3 aromatic rings. The molecule has 1 aliphatic heterocycles. The topological polar surface area (TPSA) is 145 Å². The van der Waals surface area contributed by atoms with Gasteiger partial charge < -0.3 is 19.5 Å². The summed E-state index contributed by atoms with van der Waals surface area (Å²) in [5.41, 5.74) is 0.585. The molecule has 138 valence electrons. The summed E-state index contributed by atoms with van der Waals surface area (Å²) in [6.45, 7) is 0. The van der Waals surface area contributed by atoms with Crippen molar-refractivity contribution in [1.29, 1.82) is 0 Å². The second-order valence-corrected chi connectivity index (χ2v) is 5.90. The minimum Gasteiger partial charge on any atom is -0.469 e. The number of amides is 2. The molecule has 4 heterocycles. The zero-order valence-corrected chi connectivity index (χ0v) is 14.0. The van der Waals surface area contributed by atoms with Crippen molar-refractivity contribution in [3.05, 3.63) is 57.7 Å². The summed E-state index contributed by atoms with van der Waals surface area (Å²) in [6.07, 6.45) is 1.62. The predicted molar refractivity (Wildman–Crippen MR) is 90.3 cm³/mol. The molecule has 0 saturated carbocycles. The Balaban J connectivity index is 1.70. The van der Waals surface area contributed by atoms with Crippen LogP contribution in [0.2, 0.25) is 0 Å². The quantitative estimate of drug-likeness (QED) is 0.528. The second kappa shape index (κ2) is 6.12. The average Bonchev–Trinajstić information content (AvgIpc) is 3.35. The van der Waals surface area contributed by atoms with Crippen molar-refractivity contribution >= 4 is 29.3 Å². The van der Waals surface area contributed by atoms with Crippen molar-refractivity contribution in [3.63, 3.8) is 0 Å². The predicted octanol–water partition coefficient (Wildman–Crippen LogP) is 2.24. The number of aryl methyl sites for hydroxylation is 1. The van der Waals surface area contributed by atoms with Crippen molar-refractivity contribution in [2.24, 2.45) is 7.05 Å². The Labute approximate surface area is 151 Å². The van der Waals surface area contributed by atoms with E-state index < -0.39 is 22.6 Å². The first-order chi connectivity index (χ1) is 12.9. The SMILES string of the molecule is Cn1nc(NC(=O)c2ccc([N+](=O)[O-])o2)c2c1NC(=O)C[C@@H]2c1ccco1. The lowest BCUT2D eigenvalue weighted by atomic mass is 9.91. The van der Waals surface area contributed by atoms with Gasteiger partial charge in [-0.15, -0.1) is 0 Å². The molecule has 0 saturated heterocycles. The van der Waals surface area contributed by atoms with Gasteiger partial charge in [0.15, 0.2) is 11.6 Å². The van der Waals surface area contributed by atoms with Crippen molar-refractivity contribution in [3.8, 4) is 0 Å². The van der Waals surface area contributed by atoms with Crippen LogP contribution in [0.3, 0.4) is 0 Å². The average molecular weight is 371 g/mol. The molecule has 0 bridgehead atoms. The zero-order valence-electron chi connectivity index (χ0n) is 14.0. The van der Waals surface area contributed by atoms with Gasteiger partial charge in [-0.2, -0.15) is 5.10 Å². The van der Waals surface area contributed by atoms with Gasteiger partial charge in [0.2, 0.25) is 5.91 Å². The normalized spacial score (nSPS) is 15.9. The van der Waals surface area contributed by atoms with E-state index in [-0.39, 0.29) is 23.9 Å². The van der Waals surface area contributed by atoms with Crippen LogP contribution in [-0.4, -0.2) is 26.5 Å². The summed E-state index contributed by atoms with van der Waals surface area (Å²) in [7, 11) is 1.62.